The van der Waals surface area contributed by atoms with Crippen molar-refractivity contribution >= 4 is 36.3 Å². The van der Waals surface area contributed by atoms with Crippen LogP contribution in [0.15, 0.2) is 0 Å². The number of hydrogen-bond donors (Lipinski definition) is 8. The summed E-state index contributed by atoms with van der Waals surface area (Å²) in [5, 5.41) is 34.4. The van der Waals surface area contributed by atoms with E-state index in [2.05, 4.69) is 28.6 Å². The van der Waals surface area contributed by atoms with Gasteiger partial charge < -0.3 is 37.0 Å². The van der Waals surface area contributed by atoms with Gasteiger partial charge in [-0.2, -0.15) is 12.6 Å². The molecule has 0 fully saturated rings. The lowest BCUT2D eigenvalue weighted by atomic mass is 9.99. The highest BCUT2D eigenvalue weighted by Gasteiger charge is 2.31. The molecule has 0 spiro atoms. The van der Waals surface area contributed by atoms with Gasteiger partial charge in [0, 0.05) is 5.75 Å². The Hall–Kier alpha value is -1.89. The Morgan fingerprint density at radius 2 is 1.41 bits per heavy atom. The summed E-state index contributed by atoms with van der Waals surface area (Å²) in [5.41, 5.74) is 5.46. The topological polar surface area (TPSA) is 191 Å². The minimum absolute atomic E-state index is 0.0134. The highest BCUT2D eigenvalue weighted by atomic mass is 32.1. The molecule has 3 amide bonds. The van der Waals surface area contributed by atoms with E-state index in [0.29, 0.717) is 6.42 Å². The summed E-state index contributed by atoms with van der Waals surface area (Å²) in [6.45, 7) is 1.80. The van der Waals surface area contributed by atoms with Gasteiger partial charge in [-0.15, -0.1) is 0 Å². The summed E-state index contributed by atoms with van der Waals surface area (Å²) in [7, 11) is 0. The van der Waals surface area contributed by atoms with Gasteiger partial charge in [0.15, 0.2) is 0 Å². The first-order chi connectivity index (χ1) is 12.6. The van der Waals surface area contributed by atoms with Gasteiger partial charge in [0.2, 0.25) is 17.7 Å². The average Bonchev–Trinajstić information content (AvgIpc) is 2.65. The fourth-order valence-corrected chi connectivity index (χ4v) is 2.12. The second kappa shape index (κ2) is 12.5. The fraction of sp³-hybridized carbons (Fsp3) is 0.733. The van der Waals surface area contributed by atoms with Crippen LogP contribution < -0.4 is 21.7 Å². The standard InChI is InChI=1S/C15H28N4O7S/c1-3-7(2)11(15(25)26)19-14(24)10(5-21)18-13(23)9(4-20)17-12(22)8(16)6-27/h7-11,20-21,27H,3-6,16H2,1-2H3,(H,17,22)(H,18,23)(H,19,24)(H,25,26). The molecule has 0 aliphatic heterocycles. The molecule has 0 heterocycles. The number of nitrogens with two attached hydrogens (primary N) is 1. The van der Waals surface area contributed by atoms with Crippen LogP contribution in [0.2, 0.25) is 0 Å². The SMILES string of the molecule is CCC(C)C(NC(=O)C(CO)NC(=O)C(CO)NC(=O)C(N)CS)C(=O)O. The highest BCUT2D eigenvalue weighted by molar-refractivity contribution is 7.80. The number of rotatable bonds is 12. The van der Waals surface area contributed by atoms with Crippen molar-refractivity contribution in [1.29, 1.82) is 0 Å². The van der Waals surface area contributed by atoms with E-state index < -0.39 is 61.1 Å². The maximum absolute atomic E-state index is 12.2. The fourth-order valence-electron chi connectivity index (χ4n) is 1.96. The average molecular weight is 408 g/mol. The first-order valence-corrected chi connectivity index (χ1v) is 8.98. The minimum Gasteiger partial charge on any atom is -0.480 e. The van der Waals surface area contributed by atoms with Crippen molar-refractivity contribution in [2.24, 2.45) is 11.7 Å². The lowest BCUT2D eigenvalue weighted by molar-refractivity contribution is -0.144. The van der Waals surface area contributed by atoms with Gasteiger partial charge in [-0.25, -0.2) is 4.79 Å². The molecule has 11 nitrogen and oxygen atoms in total. The Labute approximate surface area is 162 Å². The lowest BCUT2D eigenvalue weighted by Gasteiger charge is -2.25. The number of thiol groups is 1. The molecule has 0 aliphatic rings. The van der Waals surface area contributed by atoms with Crippen LogP contribution >= 0.6 is 12.6 Å². The van der Waals surface area contributed by atoms with E-state index in [1.165, 1.54) is 0 Å². The number of carbonyl (C=O) groups is 4. The van der Waals surface area contributed by atoms with Crippen LogP contribution in [-0.4, -0.2) is 82.1 Å². The number of amides is 3. The second-order valence-corrected chi connectivity index (χ2v) is 6.35. The third-order valence-corrected chi connectivity index (χ3v) is 4.33. The zero-order valence-corrected chi connectivity index (χ0v) is 16.1. The summed E-state index contributed by atoms with van der Waals surface area (Å²) in [5.74, 6) is -4.20. The molecule has 0 saturated heterocycles. The molecule has 156 valence electrons. The Kier molecular flexibility index (Phi) is 11.6. The smallest absolute Gasteiger partial charge is 0.326 e. The van der Waals surface area contributed by atoms with Crippen molar-refractivity contribution in [3.63, 3.8) is 0 Å². The Bertz CT molecular complexity index is 534. The molecule has 0 aromatic rings. The van der Waals surface area contributed by atoms with E-state index >= 15 is 0 Å². The van der Waals surface area contributed by atoms with Crippen LogP contribution in [0.1, 0.15) is 20.3 Å². The van der Waals surface area contributed by atoms with Crippen molar-refractivity contribution in [2.75, 3.05) is 19.0 Å². The number of carboxylic acid groups (broad SMARTS) is 1. The molecule has 8 N–H and O–H groups in total. The Morgan fingerprint density at radius 1 is 0.963 bits per heavy atom. The van der Waals surface area contributed by atoms with Crippen LogP contribution in [0.4, 0.5) is 0 Å². The molecule has 12 heteroatoms. The molecule has 0 aromatic heterocycles. The van der Waals surface area contributed by atoms with E-state index in [1.807, 2.05) is 0 Å². The summed E-state index contributed by atoms with van der Waals surface area (Å²) < 4.78 is 0. The van der Waals surface area contributed by atoms with Crippen molar-refractivity contribution in [3.8, 4) is 0 Å². The maximum Gasteiger partial charge on any atom is 0.326 e. The number of hydrogen-bond acceptors (Lipinski definition) is 8. The van der Waals surface area contributed by atoms with Gasteiger partial charge in [0.25, 0.3) is 0 Å². The largest absolute Gasteiger partial charge is 0.480 e. The first-order valence-electron chi connectivity index (χ1n) is 8.34. The summed E-state index contributed by atoms with van der Waals surface area (Å²) in [6, 6.07) is -5.07. The maximum atomic E-state index is 12.2. The molecule has 0 saturated carbocycles. The second-order valence-electron chi connectivity index (χ2n) is 5.99. The van der Waals surface area contributed by atoms with Crippen LogP contribution in [0.3, 0.4) is 0 Å². The number of aliphatic carboxylic acids is 1. The number of aliphatic hydroxyl groups is 2. The third-order valence-electron chi connectivity index (χ3n) is 3.94. The third kappa shape index (κ3) is 8.12. The molecule has 0 aliphatic carbocycles. The quantitative estimate of drug-likeness (QED) is 0.155. The highest BCUT2D eigenvalue weighted by Crippen LogP contribution is 2.08. The first kappa shape index (κ1) is 25.1. The van der Waals surface area contributed by atoms with Gasteiger partial charge >= 0.3 is 5.97 Å². The molecule has 0 rings (SSSR count). The predicted octanol–water partition coefficient (Wildman–Crippen LogP) is -3.19. The van der Waals surface area contributed by atoms with E-state index in [9.17, 15) is 34.5 Å². The summed E-state index contributed by atoms with van der Waals surface area (Å²) in [6.07, 6.45) is 0.484. The molecule has 5 atom stereocenters. The number of carbonyl (C=O) groups excluding carboxylic acids is 3. The van der Waals surface area contributed by atoms with E-state index in [0.717, 1.165) is 0 Å². The minimum atomic E-state index is -1.46. The van der Waals surface area contributed by atoms with Crippen LogP contribution in [0, 0.1) is 5.92 Å². The van der Waals surface area contributed by atoms with E-state index in [-0.39, 0.29) is 11.7 Å². The molecular weight excluding hydrogens is 380 g/mol. The molecule has 0 bridgehead atoms. The molecule has 27 heavy (non-hydrogen) atoms. The molecule has 0 aromatic carbocycles. The van der Waals surface area contributed by atoms with E-state index in [1.54, 1.807) is 13.8 Å². The number of nitrogens with one attached hydrogen (secondary N) is 3. The van der Waals surface area contributed by atoms with Crippen molar-refractivity contribution in [1.82, 2.24) is 16.0 Å². The van der Waals surface area contributed by atoms with Gasteiger partial charge in [0.1, 0.15) is 18.1 Å². The number of carboxylic acids is 1. The zero-order valence-electron chi connectivity index (χ0n) is 15.2. The van der Waals surface area contributed by atoms with E-state index in [4.69, 9.17) is 5.73 Å². The van der Waals surface area contributed by atoms with Crippen molar-refractivity contribution < 1.29 is 34.5 Å². The predicted molar refractivity (Wildman–Crippen MR) is 98.9 cm³/mol. The monoisotopic (exact) mass is 408 g/mol. The summed E-state index contributed by atoms with van der Waals surface area (Å²) in [4.78, 5) is 47.3. The lowest BCUT2D eigenvalue weighted by Crippen LogP contribution is -2.59. The Balaban J connectivity index is 5.01. The van der Waals surface area contributed by atoms with Crippen LogP contribution in [0.5, 0.6) is 0 Å². The van der Waals surface area contributed by atoms with Crippen molar-refractivity contribution in [2.45, 2.75) is 44.4 Å². The van der Waals surface area contributed by atoms with Crippen LogP contribution in [0.25, 0.3) is 0 Å². The molecular formula is C15H28N4O7S. The summed E-state index contributed by atoms with van der Waals surface area (Å²) >= 11 is 3.85. The van der Waals surface area contributed by atoms with Gasteiger partial charge in [-0.1, -0.05) is 20.3 Å². The van der Waals surface area contributed by atoms with Crippen molar-refractivity contribution in [3.05, 3.63) is 0 Å². The van der Waals surface area contributed by atoms with Crippen LogP contribution in [-0.2, 0) is 19.2 Å². The van der Waals surface area contributed by atoms with Gasteiger partial charge in [-0.05, 0) is 5.92 Å². The van der Waals surface area contributed by atoms with Gasteiger partial charge in [0.05, 0.1) is 19.3 Å². The number of aliphatic hydroxyl groups excluding tert-OH is 2. The zero-order chi connectivity index (χ0) is 21.1. The Morgan fingerprint density at radius 3 is 1.78 bits per heavy atom. The molecule has 5 unspecified atom stereocenters. The molecule has 0 radical (unpaired) electrons. The van der Waals surface area contributed by atoms with Gasteiger partial charge in [-0.3, -0.25) is 14.4 Å². The normalized spacial score (nSPS) is 16.4.